The van der Waals surface area contributed by atoms with Gasteiger partial charge in [-0.05, 0) is 94.0 Å². The van der Waals surface area contributed by atoms with Gasteiger partial charge in [0.05, 0.1) is 12.1 Å². The molecular weight excluding hydrogens is 663 g/mol. The second-order valence-corrected chi connectivity index (χ2v) is 14.7. The van der Waals surface area contributed by atoms with Gasteiger partial charge >= 0.3 is 0 Å². The average Bonchev–Trinajstić information content (AvgIpc) is 3.98. The number of fused-ring (bicyclic) bond motifs is 2. The van der Waals surface area contributed by atoms with Crippen molar-refractivity contribution in [3.63, 3.8) is 0 Å². The van der Waals surface area contributed by atoms with Crippen molar-refractivity contribution in [2.45, 2.75) is 82.2 Å². The van der Waals surface area contributed by atoms with Crippen LogP contribution >= 0.6 is 0 Å². The third kappa shape index (κ3) is 7.35. The van der Waals surface area contributed by atoms with Crippen LogP contribution in [0.1, 0.15) is 66.6 Å². The molecule has 1 amide bonds. The van der Waals surface area contributed by atoms with E-state index in [1.165, 1.54) is 16.7 Å². The summed E-state index contributed by atoms with van der Waals surface area (Å²) in [5, 5.41) is 14.1. The summed E-state index contributed by atoms with van der Waals surface area (Å²) in [5.41, 5.74) is 7.32. The number of aryl methyl sites for hydroxylation is 2. The van der Waals surface area contributed by atoms with Crippen molar-refractivity contribution in [1.29, 1.82) is 0 Å². The topological polar surface area (TPSA) is 133 Å². The quantitative estimate of drug-likeness (QED) is 0.208. The number of aliphatic hydroxyl groups excluding tert-OH is 1. The fraction of sp³-hybridized carbons (Fsp3) is 0.405. The van der Waals surface area contributed by atoms with Gasteiger partial charge in [-0.1, -0.05) is 42.5 Å². The van der Waals surface area contributed by atoms with Crippen molar-refractivity contribution in [3.05, 3.63) is 107 Å². The van der Waals surface area contributed by atoms with E-state index in [4.69, 9.17) is 19.9 Å². The molecule has 53 heavy (non-hydrogen) atoms. The fourth-order valence-electron chi connectivity index (χ4n) is 8.38. The van der Waals surface area contributed by atoms with E-state index in [1.807, 2.05) is 49.5 Å². The summed E-state index contributed by atoms with van der Waals surface area (Å²) in [5.74, 6) is 3.52. The number of hydrogen-bond acceptors (Lipinski definition) is 10. The second-order valence-electron chi connectivity index (χ2n) is 14.7. The third-order valence-electron chi connectivity index (χ3n) is 11.1. The summed E-state index contributed by atoms with van der Waals surface area (Å²) in [7, 11) is 1.86. The largest absolute Gasteiger partial charge is 0.394 e. The molecule has 0 spiro atoms. The van der Waals surface area contributed by atoms with Gasteiger partial charge in [0.2, 0.25) is 5.91 Å². The van der Waals surface area contributed by atoms with E-state index < -0.39 is 0 Å². The highest BCUT2D eigenvalue weighted by Gasteiger charge is 2.43. The lowest BCUT2D eigenvalue weighted by atomic mass is 9.88. The molecule has 2 aliphatic heterocycles. The number of nitrogens with zero attached hydrogens (tertiary/aromatic N) is 8. The molecule has 6 heterocycles. The molecule has 0 saturated carbocycles. The minimum Gasteiger partial charge on any atom is -0.394 e. The Labute approximate surface area is 311 Å². The fourth-order valence-corrected chi connectivity index (χ4v) is 8.38. The van der Waals surface area contributed by atoms with E-state index in [1.54, 1.807) is 17.3 Å². The Balaban J connectivity index is 0.000000154. The van der Waals surface area contributed by atoms with Gasteiger partial charge in [-0.15, -0.1) is 0 Å². The van der Waals surface area contributed by atoms with Crippen LogP contribution < -0.4 is 10.2 Å². The molecule has 2 N–H and O–H groups in total. The maximum atomic E-state index is 11.7. The number of aliphatic hydroxyl groups is 1. The van der Waals surface area contributed by atoms with Crippen LogP contribution in [-0.2, 0) is 36.9 Å². The van der Waals surface area contributed by atoms with Crippen LogP contribution in [0.3, 0.4) is 0 Å². The maximum Gasteiger partial charge on any atom is 0.222 e. The van der Waals surface area contributed by atoms with Gasteiger partial charge in [0.1, 0.15) is 23.0 Å². The lowest BCUT2D eigenvalue weighted by Crippen LogP contribution is -2.50. The summed E-state index contributed by atoms with van der Waals surface area (Å²) in [6.07, 6.45) is 14.1. The van der Waals surface area contributed by atoms with Gasteiger partial charge in [0.25, 0.3) is 0 Å². The number of hydrogen-bond donors (Lipinski definition) is 2. The Kier molecular flexibility index (Phi) is 10.1. The predicted octanol–water partition coefficient (Wildman–Crippen LogP) is 5.66. The van der Waals surface area contributed by atoms with Crippen molar-refractivity contribution in [2.75, 3.05) is 37.0 Å². The molecule has 11 heteroatoms. The van der Waals surface area contributed by atoms with Crippen molar-refractivity contribution < 1.29 is 9.90 Å². The van der Waals surface area contributed by atoms with Gasteiger partial charge in [-0.25, -0.2) is 19.9 Å². The van der Waals surface area contributed by atoms with E-state index in [0.717, 1.165) is 112 Å². The van der Waals surface area contributed by atoms with Crippen LogP contribution in [0.25, 0.3) is 23.0 Å². The predicted molar refractivity (Wildman–Crippen MR) is 205 cm³/mol. The smallest absolute Gasteiger partial charge is 0.222 e. The molecule has 4 aliphatic rings. The number of carbonyl (C=O) groups is 1. The summed E-state index contributed by atoms with van der Waals surface area (Å²) >= 11 is 0. The molecule has 2 atom stereocenters. The highest BCUT2D eigenvalue weighted by atomic mass is 16.3. The first kappa shape index (κ1) is 34.8. The first-order chi connectivity index (χ1) is 26.0. The third-order valence-corrected chi connectivity index (χ3v) is 11.1. The zero-order valence-electron chi connectivity index (χ0n) is 30.4. The molecule has 5 aromatic rings. The lowest BCUT2D eigenvalue weighted by molar-refractivity contribution is -0.132. The van der Waals surface area contributed by atoms with E-state index in [9.17, 15) is 9.90 Å². The van der Waals surface area contributed by atoms with Crippen LogP contribution in [0, 0.1) is 0 Å². The zero-order valence-corrected chi connectivity index (χ0v) is 30.4. The molecule has 272 valence electrons. The van der Waals surface area contributed by atoms with Crippen LogP contribution in [0.2, 0.25) is 0 Å². The monoisotopic (exact) mass is 709 g/mol. The molecule has 4 aromatic heterocycles. The summed E-state index contributed by atoms with van der Waals surface area (Å²) in [6, 6.07) is 22.4. The van der Waals surface area contributed by atoms with Crippen molar-refractivity contribution in [3.8, 4) is 23.0 Å². The van der Waals surface area contributed by atoms with E-state index >= 15 is 0 Å². The van der Waals surface area contributed by atoms with Crippen LogP contribution in [0.5, 0.6) is 0 Å². The number of piperidine rings is 1. The van der Waals surface area contributed by atoms with Crippen LogP contribution in [-0.4, -0.2) is 84.1 Å². The number of aromatic nitrogens is 6. The normalized spacial score (nSPS) is 20.5. The Morgan fingerprint density at radius 1 is 0.774 bits per heavy atom. The van der Waals surface area contributed by atoms with Gasteiger partial charge < -0.3 is 20.2 Å². The number of benzene rings is 1. The molecule has 2 aliphatic carbocycles. The molecule has 11 nitrogen and oxygen atoms in total. The van der Waals surface area contributed by atoms with Gasteiger partial charge in [-0.2, -0.15) is 0 Å². The first-order valence-electron chi connectivity index (χ1n) is 19.0. The number of likely N-dealkylation sites (N-methyl/N-ethyl adjacent to an activating group) is 1. The second kappa shape index (κ2) is 15.4. The minimum absolute atomic E-state index is 0.125. The van der Waals surface area contributed by atoms with Crippen LogP contribution in [0.4, 0.5) is 11.6 Å². The number of pyridine rings is 2. The van der Waals surface area contributed by atoms with E-state index in [-0.39, 0.29) is 24.1 Å². The summed E-state index contributed by atoms with van der Waals surface area (Å²) in [6.45, 7) is 1.76. The van der Waals surface area contributed by atoms with Gasteiger partial charge in [-0.3, -0.25) is 14.8 Å². The Hall–Kier alpha value is -5.29. The highest BCUT2D eigenvalue weighted by molar-refractivity contribution is 5.77. The van der Waals surface area contributed by atoms with Crippen molar-refractivity contribution >= 4 is 17.5 Å². The Bertz CT molecular complexity index is 2050. The van der Waals surface area contributed by atoms with Crippen molar-refractivity contribution in [2.24, 2.45) is 0 Å². The van der Waals surface area contributed by atoms with Gasteiger partial charge in [0, 0.05) is 67.5 Å². The van der Waals surface area contributed by atoms with Crippen LogP contribution in [0.15, 0.2) is 79.1 Å². The summed E-state index contributed by atoms with van der Waals surface area (Å²) in [4.78, 5) is 44.1. The number of rotatable bonds is 8. The van der Waals surface area contributed by atoms with Crippen molar-refractivity contribution in [1.82, 2.24) is 34.8 Å². The first-order valence-corrected chi connectivity index (χ1v) is 19.0. The molecule has 1 aromatic carbocycles. The number of amides is 1. The average molecular weight is 710 g/mol. The molecule has 0 radical (unpaired) electrons. The Morgan fingerprint density at radius 3 is 2.09 bits per heavy atom. The number of nitrogens with one attached hydrogen (secondary N) is 1. The minimum atomic E-state index is -0.312. The SMILES string of the molecule is CN1CC(Nc2nc(-c3ccccn3)nc3c2CCC3)CCC1=O.OCC1(Cc2ccccc2)CCCN1c1nc(-c2ccccn2)nc2c1CCC2. The highest BCUT2D eigenvalue weighted by Crippen LogP contribution is 2.40. The molecular formula is C42H47N9O2. The number of carbonyl (C=O) groups excluding carboxylic acids is 1. The van der Waals surface area contributed by atoms with E-state index in [0.29, 0.717) is 18.1 Å². The Morgan fingerprint density at radius 2 is 1.43 bits per heavy atom. The number of anilines is 2. The van der Waals surface area contributed by atoms with Gasteiger partial charge in [0.15, 0.2) is 11.6 Å². The zero-order chi connectivity index (χ0) is 36.2. The molecule has 2 unspecified atom stereocenters. The lowest BCUT2D eigenvalue weighted by Gasteiger charge is -2.39. The van der Waals surface area contributed by atoms with E-state index in [2.05, 4.69) is 44.5 Å². The maximum absolute atomic E-state index is 11.7. The number of likely N-dealkylation sites (tertiary alicyclic amines) is 1. The molecule has 0 bridgehead atoms. The molecule has 9 rings (SSSR count). The molecule has 2 fully saturated rings. The standard InChI is InChI=1S/C24H26N4O.C18H21N5O/c29-17-24(16-18-8-2-1-3-9-18)13-7-15-28(24)23-19-10-6-12-20(19)26-22(27-23)21-11-4-5-14-25-21;1-23-11-12(8-9-16(23)24)20-17-13-5-4-7-14(13)21-18(22-17)15-6-2-3-10-19-15/h1-5,8-9,11,14,29H,6-7,10,12-13,15-17H2;2-3,6,10,12H,4-5,7-9,11H2,1H3,(H,20,21,22). The summed E-state index contributed by atoms with van der Waals surface area (Å²) < 4.78 is 0. The molecule has 2 saturated heterocycles.